The molecule has 0 saturated carbocycles. The monoisotopic (exact) mass is 302 g/mol. The minimum absolute atomic E-state index is 0.00419. The summed E-state index contributed by atoms with van der Waals surface area (Å²) in [6.45, 7) is 4.63. The van der Waals surface area contributed by atoms with Gasteiger partial charge in [-0.05, 0) is 49.6 Å². The van der Waals surface area contributed by atoms with Gasteiger partial charge in [0.25, 0.3) is 5.91 Å². The first-order valence-electron chi connectivity index (χ1n) is 6.53. The van der Waals surface area contributed by atoms with Gasteiger partial charge < -0.3 is 10.4 Å². The number of halogens is 3. The van der Waals surface area contributed by atoms with Gasteiger partial charge in [-0.15, -0.1) is 0 Å². The summed E-state index contributed by atoms with van der Waals surface area (Å²) in [6, 6.07) is 2.00. The molecule has 0 spiro atoms. The van der Waals surface area contributed by atoms with Gasteiger partial charge in [0, 0.05) is 12.6 Å². The molecule has 1 aromatic carbocycles. The first kappa shape index (κ1) is 15.6. The van der Waals surface area contributed by atoms with Crippen molar-refractivity contribution in [3.8, 4) is 5.75 Å². The fourth-order valence-corrected chi connectivity index (χ4v) is 2.57. The Hall–Kier alpha value is -1.76. The summed E-state index contributed by atoms with van der Waals surface area (Å²) in [5, 5.41) is 14.4. The van der Waals surface area contributed by atoms with Crippen molar-refractivity contribution in [1.82, 2.24) is 10.6 Å². The lowest BCUT2D eigenvalue weighted by atomic mass is 9.84. The van der Waals surface area contributed by atoms with Crippen molar-refractivity contribution in [3.05, 3.63) is 28.8 Å². The quantitative estimate of drug-likeness (QED) is 0.742. The number of aromatic hydroxyl groups is 1. The van der Waals surface area contributed by atoms with E-state index in [1.54, 1.807) is 6.92 Å². The molecule has 116 valence electrons. The van der Waals surface area contributed by atoms with E-state index in [0.29, 0.717) is 11.1 Å². The number of nitrogens with one attached hydrogen (secondary N) is 2. The summed E-state index contributed by atoms with van der Waals surface area (Å²) < 4.78 is 40.9. The lowest BCUT2D eigenvalue weighted by Gasteiger charge is -2.41. The highest BCUT2D eigenvalue weighted by Crippen LogP contribution is 2.42. The Kier molecular flexibility index (Phi) is 3.65. The molecule has 1 fully saturated rings. The molecular weight excluding hydrogens is 285 g/mol. The van der Waals surface area contributed by atoms with Gasteiger partial charge in [0.2, 0.25) is 5.54 Å². The van der Waals surface area contributed by atoms with Gasteiger partial charge in [-0.1, -0.05) is 0 Å². The van der Waals surface area contributed by atoms with Crippen LogP contribution in [0.4, 0.5) is 13.2 Å². The van der Waals surface area contributed by atoms with Crippen LogP contribution in [0.5, 0.6) is 5.75 Å². The molecule has 4 nitrogen and oxygen atoms in total. The Balaban J connectivity index is 2.65. The zero-order valence-corrected chi connectivity index (χ0v) is 11.9. The molecule has 1 aromatic rings. The van der Waals surface area contributed by atoms with Crippen molar-refractivity contribution in [2.24, 2.45) is 0 Å². The number of amides is 1. The molecular formula is C14H17F3N2O2. The van der Waals surface area contributed by atoms with Gasteiger partial charge in [0.1, 0.15) is 5.75 Å². The summed E-state index contributed by atoms with van der Waals surface area (Å²) in [5.41, 5.74) is -2.42. The largest absolute Gasteiger partial charge is 0.507 e. The number of carbonyl (C=O) groups is 1. The van der Waals surface area contributed by atoms with Gasteiger partial charge in [0.05, 0.1) is 0 Å². The molecule has 7 heteroatoms. The number of hydrogen-bond acceptors (Lipinski definition) is 3. The molecule has 1 aliphatic rings. The number of hydrogen-bond donors (Lipinski definition) is 3. The average Bonchev–Trinajstić information content (AvgIpc) is 2.34. The topological polar surface area (TPSA) is 61.4 Å². The predicted molar refractivity (Wildman–Crippen MR) is 70.9 cm³/mol. The maximum Gasteiger partial charge on any atom is 0.419 e. The maximum absolute atomic E-state index is 13.6. The lowest BCUT2D eigenvalue weighted by molar-refractivity contribution is -0.207. The van der Waals surface area contributed by atoms with E-state index >= 15 is 0 Å². The van der Waals surface area contributed by atoms with E-state index in [1.807, 2.05) is 0 Å². The Morgan fingerprint density at radius 1 is 1.29 bits per heavy atom. The van der Waals surface area contributed by atoms with Crippen molar-refractivity contribution < 1.29 is 23.1 Å². The molecule has 2 rings (SSSR count). The van der Waals surface area contributed by atoms with Crippen LogP contribution in [-0.2, 0) is 10.3 Å². The van der Waals surface area contributed by atoms with Crippen LogP contribution in [0.3, 0.4) is 0 Å². The third-order valence-electron chi connectivity index (χ3n) is 3.74. The third-order valence-corrected chi connectivity index (χ3v) is 3.74. The summed E-state index contributed by atoms with van der Waals surface area (Å²) in [4.78, 5) is 12.1. The second-order valence-electron chi connectivity index (χ2n) is 5.46. The van der Waals surface area contributed by atoms with E-state index in [0.717, 1.165) is 0 Å². The molecule has 0 unspecified atom stereocenters. The van der Waals surface area contributed by atoms with Crippen molar-refractivity contribution in [3.63, 3.8) is 0 Å². The zero-order valence-electron chi connectivity index (χ0n) is 11.9. The van der Waals surface area contributed by atoms with Crippen molar-refractivity contribution in [1.29, 1.82) is 0 Å². The number of phenols is 1. The Morgan fingerprint density at radius 2 is 1.81 bits per heavy atom. The van der Waals surface area contributed by atoms with Gasteiger partial charge >= 0.3 is 6.18 Å². The third kappa shape index (κ3) is 2.35. The van der Waals surface area contributed by atoms with Gasteiger partial charge in [0.15, 0.2) is 0 Å². The standard InChI is InChI=1S/C14H17F3N2O2/c1-7-4-10(5-8(2)11(7)20)13(14(15,16)17)12(21)19-9(3)6-18-13/h4-5,9,18,20H,6H2,1-3H3,(H,19,21)/t9-,13-/m0/s1. The summed E-state index contributed by atoms with van der Waals surface area (Å²) in [7, 11) is 0. The number of phenolic OH excluding ortho intramolecular Hbond substituents is 1. The fraction of sp³-hybridized carbons (Fsp3) is 0.500. The average molecular weight is 302 g/mol. The van der Waals surface area contributed by atoms with Crippen LogP contribution in [0.2, 0.25) is 0 Å². The van der Waals surface area contributed by atoms with Gasteiger partial charge in [-0.2, -0.15) is 13.2 Å². The van der Waals surface area contributed by atoms with E-state index < -0.39 is 17.6 Å². The fourth-order valence-electron chi connectivity index (χ4n) is 2.57. The van der Waals surface area contributed by atoms with Gasteiger partial charge in [-0.25, -0.2) is 0 Å². The van der Waals surface area contributed by atoms with Crippen molar-refractivity contribution in [2.75, 3.05) is 6.54 Å². The summed E-state index contributed by atoms with van der Waals surface area (Å²) in [5.74, 6) is -1.20. The molecule has 1 amide bonds. The molecule has 0 radical (unpaired) electrons. The Morgan fingerprint density at radius 3 is 2.24 bits per heavy atom. The van der Waals surface area contributed by atoms with Crippen LogP contribution in [-0.4, -0.2) is 29.8 Å². The number of piperazine rings is 1. The molecule has 0 aliphatic carbocycles. The van der Waals surface area contributed by atoms with E-state index in [4.69, 9.17) is 0 Å². The van der Waals surface area contributed by atoms with Gasteiger partial charge in [-0.3, -0.25) is 10.1 Å². The molecule has 3 N–H and O–H groups in total. The summed E-state index contributed by atoms with van der Waals surface area (Å²) in [6.07, 6.45) is -4.80. The predicted octanol–water partition coefficient (Wildman–Crippen LogP) is 1.87. The van der Waals surface area contributed by atoms with Crippen LogP contribution < -0.4 is 10.6 Å². The molecule has 2 atom stereocenters. The first-order valence-corrected chi connectivity index (χ1v) is 6.53. The van der Waals surface area contributed by atoms with E-state index in [-0.39, 0.29) is 23.9 Å². The van der Waals surface area contributed by atoms with Crippen molar-refractivity contribution >= 4 is 5.91 Å². The highest BCUT2D eigenvalue weighted by atomic mass is 19.4. The summed E-state index contributed by atoms with van der Waals surface area (Å²) >= 11 is 0. The number of rotatable bonds is 1. The molecule has 0 bridgehead atoms. The Labute approximate surface area is 120 Å². The van der Waals surface area contributed by atoms with Crippen LogP contribution in [0.15, 0.2) is 12.1 Å². The van der Waals surface area contributed by atoms with Crippen LogP contribution in [0.25, 0.3) is 0 Å². The van der Waals surface area contributed by atoms with Crippen LogP contribution in [0, 0.1) is 13.8 Å². The smallest absolute Gasteiger partial charge is 0.419 e. The number of carbonyl (C=O) groups excluding carboxylic acids is 1. The lowest BCUT2D eigenvalue weighted by Crippen LogP contribution is -2.70. The molecule has 21 heavy (non-hydrogen) atoms. The molecule has 1 aliphatic heterocycles. The number of alkyl halides is 3. The Bertz CT molecular complexity index is 563. The molecule has 1 saturated heterocycles. The number of aryl methyl sites for hydroxylation is 2. The minimum atomic E-state index is -4.80. The minimum Gasteiger partial charge on any atom is -0.507 e. The van der Waals surface area contributed by atoms with E-state index in [2.05, 4.69) is 10.6 Å². The number of benzene rings is 1. The molecule has 0 aromatic heterocycles. The second-order valence-corrected chi connectivity index (χ2v) is 5.46. The SMILES string of the molecule is Cc1cc([C@]2(C(F)(F)F)NC[C@H](C)NC2=O)cc(C)c1O. The maximum atomic E-state index is 13.6. The molecule has 1 heterocycles. The zero-order chi connectivity index (χ0) is 16.0. The highest BCUT2D eigenvalue weighted by molar-refractivity contribution is 5.90. The first-order chi connectivity index (χ1) is 9.59. The van der Waals surface area contributed by atoms with E-state index in [9.17, 15) is 23.1 Å². The highest BCUT2D eigenvalue weighted by Gasteiger charge is 2.63. The van der Waals surface area contributed by atoms with Crippen molar-refractivity contribution in [2.45, 2.75) is 38.5 Å². The van der Waals surface area contributed by atoms with E-state index in [1.165, 1.54) is 26.0 Å². The van der Waals surface area contributed by atoms with Crippen LogP contribution in [0.1, 0.15) is 23.6 Å². The van der Waals surface area contributed by atoms with Crippen LogP contribution >= 0.6 is 0 Å². The normalized spacial score (nSPS) is 26.6. The second kappa shape index (κ2) is 4.91.